The minimum Gasteiger partial charge on any atom is -0.364 e. The van der Waals surface area contributed by atoms with E-state index in [-0.39, 0.29) is 0 Å². The third-order valence-electron chi connectivity index (χ3n) is 1.79. The van der Waals surface area contributed by atoms with Crippen LogP contribution in [0.25, 0.3) is 0 Å². The summed E-state index contributed by atoms with van der Waals surface area (Å²) in [5, 5.41) is 5.36. The Hall–Kier alpha value is -1.42. The maximum absolute atomic E-state index is 4.13. The van der Waals surface area contributed by atoms with Crippen molar-refractivity contribution in [2.45, 2.75) is 13.5 Å². The molecule has 3 nitrogen and oxygen atoms in total. The van der Waals surface area contributed by atoms with Crippen molar-refractivity contribution in [3.05, 3.63) is 40.5 Å². The molecule has 72 valence electrons. The van der Waals surface area contributed by atoms with Crippen LogP contribution >= 0.6 is 11.3 Å². The normalized spacial score (nSPS) is 10.1. The molecule has 2 aromatic rings. The molecule has 0 bridgehead atoms. The highest BCUT2D eigenvalue weighted by Crippen LogP contribution is 2.14. The molecule has 2 rings (SSSR count). The molecule has 0 unspecified atom stereocenters. The van der Waals surface area contributed by atoms with Gasteiger partial charge in [0.15, 0.2) is 0 Å². The molecule has 0 saturated heterocycles. The van der Waals surface area contributed by atoms with E-state index in [1.165, 1.54) is 10.4 Å². The van der Waals surface area contributed by atoms with Crippen LogP contribution in [0.3, 0.4) is 0 Å². The number of aryl methyl sites for hydroxylation is 1. The zero-order valence-corrected chi connectivity index (χ0v) is 8.71. The van der Waals surface area contributed by atoms with Gasteiger partial charge in [0.1, 0.15) is 5.82 Å². The van der Waals surface area contributed by atoms with Gasteiger partial charge in [0.2, 0.25) is 0 Å². The molecule has 0 atom stereocenters. The van der Waals surface area contributed by atoms with E-state index < -0.39 is 0 Å². The maximum atomic E-state index is 4.13. The highest BCUT2D eigenvalue weighted by Gasteiger charge is 1.96. The van der Waals surface area contributed by atoms with Gasteiger partial charge in [-0.3, -0.25) is 4.98 Å². The molecule has 0 aliphatic carbocycles. The smallest absolute Gasteiger partial charge is 0.144 e. The van der Waals surface area contributed by atoms with Crippen LogP contribution in [0.2, 0.25) is 0 Å². The minimum atomic E-state index is 0.817. The first-order valence-corrected chi connectivity index (χ1v) is 5.26. The van der Waals surface area contributed by atoms with Crippen LogP contribution in [0.15, 0.2) is 30.0 Å². The van der Waals surface area contributed by atoms with Gasteiger partial charge in [-0.2, -0.15) is 0 Å². The van der Waals surface area contributed by atoms with Gasteiger partial charge < -0.3 is 5.32 Å². The van der Waals surface area contributed by atoms with E-state index in [9.17, 15) is 0 Å². The second kappa shape index (κ2) is 4.19. The molecular weight excluding hydrogens is 194 g/mol. The Bertz CT molecular complexity index is 397. The van der Waals surface area contributed by atoms with Crippen LogP contribution in [0, 0.1) is 6.92 Å². The fraction of sp³-hybridized carbons (Fsp3) is 0.200. The number of anilines is 1. The molecule has 0 saturated carbocycles. The lowest BCUT2D eigenvalue weighted by Crippen LogP contribution is -1.99. The van der Waals surface area contributed by atoms with Gasteiger partial charge in [0.05, 0.1) is 12.7 Å². The Kier molecular flexibility index (Phi) is 2.74. The van der Waals surface area contributed by atoms with Crippen molar-refractivity contribution in [3.8, 4) is 0 Å². The largest absolute Gasteiger partial charge is 0.364 e. The van der Waals surface area contributed by atoms with Gasteiger partial charge in [-0.05, 0) is 23.9 Å². The summed E-state index contributed by atoms with van der Waals surface area (Å²) in [6.45, 7) is 2.92. The Labute approximate surface area is 86.8 Å². The van der Waals surface area contributed by atoms with Gasteiger partial charge in [-0.1, -0.05) is 0 Å². The lowest BCUT2D eigenvalue weighted by molar-refractivity contribution is 1.11. The van der Waals surface area contributed by atoms with Crippen LogP contribution in [-0.2, 0) is 6.54 Å². The number of thiophene rings is 1. The SMILES string of the molecule is Cc1csc(CNc2cnccn2)c1. The predicted octanol–water partition coefficient (Wildman–Crippen LogP) is 2.46. The molecule has 14 heavy (non-hydrogen) atoms. The maximum Gasteiger partial charge on any atom is 0.144 e. The summed E-state index contributed by atoms with van der Waals surface area (Å²) >= 11 is 1.76. The molecule has 4 heteroatoms. The van der Waals surface area contributed by atoms with E-state index in [0.29, 0.717) is 0 Å². The summed E-state index contributed by atoms with van der Waals surface area (Å²) < 4.78 is 0. The summed E-state index contributed by atoms with van der Waals surface area (Å²) in [7, 11) is 0. The van der Waals surface area contributed by atoms with Crippen molar-refractivity contribution in [1.82, 2.24) is 9.97 Å². The number of aromatic nitrogens is 2. The van der Waals surface area contributed by atoms with Crippen molar-refractivity contribution in [2.75, 3.05) is 5.32 Å². The second-order valence-corrected chi connectivity index (χ2v) is 4.03. The standard InChI is InChI=1S/C10H11N3S/c1-8-4-9(14-7-8)5-13-10-6-11-2-3-12-10/h2-4,6-7H,5H2,1H3,(H,12,13). The summed E-state index contributed by atoms with van der Waals surface area (Å²) in [6, 6.07) is 2.17. The molecule has 2 aromatic heterocycles. The van der Waals surface area contributed by atoms with Crippen molar-refractivity contribution >= 4 is 17.2 Å². The van der Waals surface area contributed by atoms with E-state index in [2.05, 4.69) is 33.7 Å². The third-order valence-corrected chi connectivity index (χ3v) is 2.85. The first-order chi connectivity index (χ1) is 6.84. The fourth-order valence-electron chi connectivity index (χ4n) is 1.15. The molecule has 0 fully saturated rings. The van der Waals surface area contributed by atoms with E-state index >= 15 is 0 Å². The molecule has 0 aromatic carbocycles. The highest BCUT2D eigenvalue weighted by atomic mass is 32.1. The monoisotopic (exact) mass is 205 g/mol. The Balaban J connectivity index is 1.95. The number of nitrogens with zero attached hydrogens (tertiary/aromatic N) is 2. The van der Waals surface area contributed by atoms with Crippen LogP contribution in [0.5, 0.6) is 0 Å². The van der Waals surface area contributed by atoms with Crippen LogP contribution < -0.4 is 5.32 Å². The fourth-order valence-corrected chi connectivity index (χ4v) is 1.97. The van der Waals surface area contributed by atoms with E-state index in [1.807, 2.05) is 0 Å². The third kappa shape index (κ3) is 2.29. The minimum absolute atomic E-state index is 0.817. The van der Waals surface area contributed by atoms with Crippen molar-refractivity contribution < 1.29 is 0 Å². The molecule has 1 N–H and O–H groups in total. The van der Waals surface area contributed by atoms with Gasteiger partial charge >= 0.3 is 0 Å². The van der Waals surface area contributed by atoms with Crippen molar-refractivity contribution in [2.24, 2.45) is 0 Å². The summed E-state index contributed by atoms with van der Waals surface area (Å²) in [5.74, 6) is 0.818. The zero-order valence-electron chi connectivity index (χ0n) is 7.90. The van der Waals surface area contributed by atoms with Gasteiger partial charge in [-0.15, -0.1) is 11.3 Å². The Morgan fingerprint density at radius 3 is 3.00 bits per heavy atom. The number of nitrogens with one attached hydrogen (secondary N) is 1. The average Bonchev–Trinajstić information content (AvgIpc) is 2.63. The zero-order chi connectivity index (χ0) is 9.80. The topological polar surface area (TPSA) is 37.8 Å². The first-order valence-electron chi connectivity index (χ1n) is 4.38. The molecule has 0 aliphatic rings. The number of hydrogen-bond acceptors (Lipinski definition) is 4. The van der Waals surface area contributed by atoms with Gasteiger partial charge in [-0.25, -0.2) is 4.98 Å². The molecule has 0 amide bonds. The lowest BCUT2D eigenvalue weighted by Gasteiger charge is -2.01. The molecule has 0 radical (unpaired) electrons. The molecular formula is C10H11N3S. The van der Waals surface area contributed by atoms with Gasteiger partial charge in [0.25, 0.3) is 0 Å². The number of rotatable bonds is 3. The second-order valence-electron chi connectivity index (χ2n) is 3.03. The summed E-state index contributed by atoms with van der Waals surface area (Å²) in [6.07, 6.45) is 5.07. The molecule has 0 spiro atoms. The van der Waals surface area contributed by atoms with Crippen molar-refractivity contribution in [1.29, 1.82) is 0 Å². The van der Waals surface area contributed by atoms with E-state index in [1.54, 1.807) is 29.9 Å². The van der Waals surface area contributed by atoms with Gasteiger partial charge in [0, 0.05) is 17.3 Å². The summed E-state index contributed by atoms with van der Waals surface area (Å²) in [5.41, 5.74) is 1.31. The Morgan fingerprint density at radius 2 is 2.36 bits per heavy atom. The number of hydrogen-bond donors (Lipinski definition) is 1. The predicted molar refractivity (Wildman–Crippen MR) is 58.4 cm³/mol. The summed E-state index contributed by atoms with van der Waals surface area (Å²) in [4.78, 5) is 9.43. The first kappa shape index (κ1) is 9.15. The van der Waals surface area contributed by atoms with E-state index in [0.717, 1.165) is 12.4 Å². The average molecular weight is 205 g/mol. The quantitative estimate of drug-likeness (QED) is 0.836. The van der Waals surface area contributed by atoms with Crippen LogP contribution in [0.4, 0.5) is 5.82 Å². The highest BCUT2D eigenvalue weighted by molar-refractivity contribution is 7.10. The Morgan fingerprint density at radius 1 is 1.43 bits per heavy atom. The van der Waals surface area contributed by atoms with Crippen LogP contribution in [-0.4, -0.2) is 9.97 Å². The molecule has 0 aliphatic heterocycles. The van der Waals surface area contributed by atoms with Crippen molar-refractivity contribution in [3.63, 3.8) is 0 Å². The van der Waals surface area contributed by atoms with E-state index in [4.69, 9.17) is 0 Å². The molecule has 2 heterocycles. The lowest BCUT2D eigenvalue weighted by atomic mass is 10.3. The van der Waals surface area contributed by atoms with Crippen LogP contribution in [0.1, 0.15) is 10.4 Å².